The number of hydrogen-bond acceptors (Lipinski definition) is 4. The lowest BCUT2D eigenvalue weighted by Gasteiger charge is -2.26. The molecule has 1 aromatic heterocycles. The third-order valence-electron chi connectivity index (χ3n) is 3.45. The molecular formula is C13H18BrN3O2S. The highest BCUT2D eigenvalue weighted by Gasteiger charge is 2.31. The summed E-state index contributed by atoms with van der Waals surface area (Å²) in [6.07, 6.45) is 1.92. The summed E-state index contributed by atoms with van der Waals surface area (Å²) in [5.41, 5.74) is 5.67. The van der Waals surface area contributed by atoms with Gasteiger partial charge in [-0.15, -0.1) is 11.3 Å². The summed E-state index contributed by atoms with van der Waals surface area (Å²) in [4.78, 5) is 26.7. The molecule has 0 saturated carbocycles. The summed E-state index contributed by atoms with van der Waals surface area (Å²) < 4.78 is 0.893. The number of carbonyl (C=O) groups is 2. The number of nitrogens with one attached hydrogen (secondary N) is 1. The molecule has 110 valence electrons. The second kappa shape index (κ2) is 6.69. The Morgan fingerprint density at radius 2 is 2.35 bits per heavy atom. The average Bonchev–Trinajstić information content (AvgIpc) is 3.05. The number of hydrogen-bond donors (Lipinski definition) is 2. The fourth-order valence-electron chi connectivity index (χ4n) is 2.39. The number of nitrogens with zero attached hydrogens (tertiary/aromatic N) is 1. The van der Waals surface area contributed by atoms with Gasteiger partial charge in [-0.05, 0) is 47.8 Å². The normalized spacial score (nSPS) is 19.9. The van der Waals surface area contributed by atoms with Gasteiger partial charge in [0.2, 0.25) is 5.91 Å². The quantitative estimate of drug-likeness (QED) is 0.856. The molecule has 0 bridgehead atoms. The first-order valence-electron chi connectivity index (χ1n) is 6.59. The van der Waals surface area contributed by atoms with Crippen molar-refractivity contribution in [1.29, 1.82) is 0 Å². The first-order chi connectivity index (χ1) is 9.52. The molecule has 1 saturated heterocycles. The molecule has 2 heterocycles. The molecule has 2 atom stereocenters. The molecule has 2 rings (SSSR count). The summed E-state index contributed by atoms with van der Waals surface area (Å²) in [6, 6.07) is 3.13. The Bertz CT molecular complexity index is 506. The lowest BCUT2D eigenvalue weighted by atomic mass is 10.2. The summed E-state index contributed by atoms with van der Waals surface area (Å²) in [5, 5.41) is 2.75. The molecule has 1 aliphatic heterocycles. The van der Waals surface area contributed by atoms with Gasteiger partial charge in [-0.25, -0.2) is 0 Å². The maximum atomic E-state index is 12.3. The Morgan fingerprint density at radius 1 is 1.60 bits per heavy atom. The number of thiophene rings is 1. The minimum Gasteiger partial charge on any atom is -0.340 e. The van der Waals surface area contributed by atoms with Gasteiger partial charge in [0, 0.05) is 19.1 Å². The van der Waals surface area contributed by atoms with Crippen molar-refractivity contribution in [3.63, 3.8) is 0 Å². The van der Waals surface area contributed by atoms with Crippen molar-refractivity contribution in [3.8, 4) is 0 Å². The Hall–Kier alpha value is -0.920. The van der Waals surface area contributed by atoms with E-state index >= 15 is 0 Å². The molecule has 0 aromatic carbocycles. The van der Waals surface area contributed by atoms with E-state index in [1.165, 1.54) is 11.3 Å². The van der Waals surface area contributed by atoms with Crippen LogP contribution in [-0.4, -0.2) is 41.9 Å². The van der Waals surface area contributed by atoms with E-state index in [1.807, 2.05) is 6.07 Å². The highest BCUT2D eigenvalue weighted by Crippen LogP contribution is 2.22. The molecule has 1 aromatic rings. The monoisotopic (exact) mass is 359 g/mol. The largest absolute Gasteiger partial charge is 0.340 e. The zero-order valence-corrected chi connectivity index (χ0v) is 13.7. The first-order valence-corrected chi connectivity index (χ1v) is 8.20. The SMILES string of the molecule is CC(NC(=O)c1ccc(Br)s1)C(=O)N1CCCC1CN. The van der Waals surface area contributed by atoms with Crippen molar-refractivity contribution in [1.82, 2.24) is 10.2 Å². The molecule has 7 heteroatoms. The molecule has 1 fully saturated rings. The van der Waals surface area contributed by atoms with Gasteiger partial charge in [-0.3, -0.25) is 9.59 Å². The van der Waals surface area contributed by atoms with Crippen molar-refractivity contribution >= 4 is 39.1 Å². The Balaban J connectivity index is 1.95. The van der Waals surface area contributed by atoms with Crippen LogP contribution in [0.3, 0.4) is 0 Å². The number of likely N-dealkylation sites (tertiary alicyclic amines) is 1. The maximum Gasteiger partial charge on any atom is 0.262 e. The van der Waals surface area contributed by atoms with Gasteiger partial charge in [-0.2, -0.15) is 0 Å². The fourth-order valence-corrected chi connectivity index (χ4v) is 3.67. The van der Waals surface area contributed by atoms with E-state index in [1.54, 1.807) is 17.9 Å². The van der Waals surface area contributed by atoms with E-state index in [9.17, 15) is 9.59 Å². The van der Waals surface area contributed by atoms with Gasteiger partial charge >= 0.3 is 0 Å². The van der Waals surface area contributed by atoms with E-state index < -0.39 is 6.04 Å². The third kappa shape index (κ3) is 3.39. The van der Waals surface area contributed by atoms with E-state index in [2.05, 4.69) is 21.2 Å². The standard InChI is InChI=1S/C13H18BrN3O2S/c1-8(13(19)17-6-2-3-9(17)7-15)16-12(18)10-4-5-11(14)20-10/h4-5,8-9H,2-3,6-7,15H2,1H3,(H,16,18). The molecule has 0 radical (unpaired) electrons. The van der Waals surface area contributed by atoms with Crippen molar-refractivity contribution < 1.29 is 9.59 Å². The van der Waals surface area contributed by atoms with Gasteiger partial charge in [0.05, 0.1) is 8.66 Å². The number of amides is 2. The van der Waals surface area contributed by atoms with Crippen LogP contribution in [0.4, 0.5) is 0 Å². The predicted molar refractivity (Wildman–Crippen MR) is 82.7 cm³/mol. The van der Waals surface area contributed by atoms with Crippen LogP contribution in [0.2, 0.25) is 0 Å². The summed E-state index contributed by atoms with van der Waals surface area (Å²) in [5.74, 6) is -0.271. The third-order valence-corrected chi connectivity index (χ3v) is 5.07. The molecule has 0 spiro atoms. The lowest BCUT2D eigenvalue weighted by molar-refractivity contribution is -0.133. The van der Waals surface area contributed by atoms with Crippen LogP contribution in [0.1, 0.15) is 29.4 Å². The van der Waals surface area contributed by atoms with Crippen LogP contribution in [0.15, 0.2) is 15.9 Å². The van der Waals surface area contributed by atoms with Gasteiger partial charge in [0.25, 0.3) is 5.91 Å². The summed E-state index contributed by atoms with van der Waals surface area (Å²) in [7, 11) is 0. The van der Waals surface area contributed by atoms with Crippen molar-refractivity contribution in [3.05, 3.63) is 20.8 Å². The van der Waals surface area contributed by atoms with E-state index in [0.717, 1.165) is 23.2 Å². The molecule has 3 N–H and O–H groups in total. The number of nitrogens with two attached hydrogens (primary N) is 1. The van der Waals surface area contributed by atoms with Crippen LogP contribution < -0.4 is 11.1 Å². The molecule has 2 amide bonds. The van der Waals surface area contributed by atoms with E-state index in [-0.39, 0.29) is 17.9 Å². The number of rotatable bonds is 4. The molecule has 0 aliphatic carbocycles. The second-order valence-electron chi connectivity index (χ2n) is 4.86. The zero-order chi connectivity index (χ0) is 14.7. The van der Waals surface area contributed by atoms with Gasteiger partial charge in [0.1, 0.15) is 6.04 Å². The number of halogens is 1. The first kappa shape index (κ1) is 15.5. The Kier molecular flexibility index (Phi) is 5.17. The Labute approximate surface area is 130 Å². The summed E-state index contributed by atoms with van der Waals surface area (Å²) in [6.45, 7) is 2.92. The predicted octanol–water partition coefficient (Wildman–Crippen LogP) is 1.58. The molecule has 20 heavy (non-hydrogen) atoms. The van der Waals surface area contributed by atoms with Crippen molar-refractivity contribution in [2.75, 3.05) is 13.1 Å². The Morgan fingerprint density at radius 3 is 2.95 bits per heavy atom. The summed E-state index contributed by atoms with van der Waals surface area (Å²) >= 11 is 4.66. The zero-order valence-electron chi connectivity index (χ0n) is 11.3. The van der Waals surface area contributed by atoms with Crippen LogP contribution in [0.25, 0.3) is 0 Å². The van der Waals surface area contributed by atoms with Gasteiger partial charge in [0.15, 0.2) is 0 Å². The van der Waals surface area contributed by atoms with Crippen LogP contribution in [0, 0.1) is 0 Å². The second-order valence-corrected chi connectivity index (χ2v) is 7.33. The van der Waals surface area contributed by atoms with E-state index in [4.69, 9.17) is 5.73 Å². The van der Waals surface area contributed by atoms with E-state index in [0.29, 0.717) is 11.4 Å². The van der Waals surface area contributed by atoms with Crippen molar-refractivity contribution in [2.45, 2.75) is 31.8 Å². The molecule has 5 nitrogen and oxygen atoms in total. The number of carbonyl (C=O) groups excluding carboxylic acids is 2. The molecule has 2 unspecified atom stereocenters. The smallest absolute Gasteiger partial charge is 0.262 e. The highest BCUT2D eigenvalue weighted by molar-refractivity contribution is 9.11. The highest BCUT2D eigenvalue weighted by atomic mass is 79.9. The molecule has 1 aliphatic rings. The topological polar surface area (TPSA) is 75.4 Å². The average molecular weight is 360 g/mol. The lowest BCUT2D eigenvalue weighted by Crippen LogP contribution is -2.50. The van der Waals surface area contributed by atoms with Gasteiger partial charge < -0.3 is 16.0 Å². The minimum atomic E-state index is -0.532. The van der Waals surface area contributed by atoms with Crippen LogP contribution in [0.5, 0.6) is 0 Å². The minimum absolute atomic E-state index is 0.0538. The van der Waals surface area contributed by atoms with Crippen LogP contribution >= 0.6 is 27.3 Å². The fraction of sp³-hybridized carbons (Fsp3) is 0.538. The van der Waals surface area contributed by atoms with Crippen molar-refractivity contribution in [2.24, 2.45) is 5.73 Å². The maximum absolute atomic E-state index is 12.3. The van der Waals surface area contributed by atoms with Gasteiger partial charge in [-0.1, -0.05) is 0 Å². The van der Waals surface area contributed by atoms with Crippen LogP contribution in [-0.2, 0) is 4.79 Å². The molecular weight excluding hydrogens is 342 g/mol.